The number of carbonyl (C=O) groups is 1. The Kier molecular flexibility index (Phi) is 5.66. The first-order valence-electron chi connectivity index (χ1n) is 5.55. The molecular formula is C13H19NO3. The zero-order valence-corrected chi connectivity index (χ0v) is 10.5. The summed E-state index contributed by atoms with van der Waals surface area (Å²) < 4.78 is 10.0. The van der Waals surface area contributed by atoms with Crippen LogP contribution in [0.15, 0.2) is 24.3 Å². The van der Waals surface area contributed by atoms with E-state index in [9.17, 15) is 4.79 Å². The maximum atomic E-state index is 11.5. The van der Waals surface area contributed by atoms with Crippen molar-refractivity contribution in [2.45, 2.75) is 26.2 Å². The molecule has 1 N–H and O–H groups in total. The molecule has 0 heterocycles. The summed E-state index contributed by atoms with van der Waals surface area (Å²) >= 11 is 0. The number of ether oxygens (including phenoxy) is 2. The monoisotopic (exact) mass is 237 g/mol. The third kappa shape index (κ3) is 4.17. The maximum Gasteiger partial charge on any atom is 0.249 e. The Morgan fingerprint density at radius 3 is 2.53 bits per heavy atom. The van der Waals surface area contributed by atoms with Crippen molar-refractivity contribution in [3.63, 3.8) is 0 Å². The smallest absolute Gasteiger partial charge is 0.249 e. The van der Waals surface area contributed by atoms with Crippen molar-refractivity contribution >= 4 is 5.91 Å². The lowest BCUT2D eigenvalue weighted by molar-refractivity contribution is -0.130. The van der Waals surface area contributed by atoms with Crippen LogP contribution in [0.4, 0.5) is 0 Å². The molecule has 94 valence electrons. The summed E-state index contributed by atoms with van der Waals surface area (Å²) in [5.74, 6) is -0.111. The van der Waals surface area contributed by atoms with Gasteiger partial charge in [-0.25, -0.2) is 0 Å². The molecule has 1 aromatic carbocycles. The van der Waals surface area contributed by atoms with Crippen LogP contribution in [-0.4, -0.2) is 26.2 Å². The topological polar surface area (TPSA) is 47.6 Å². The number of carbonyl (C=O) groups excluding carboxylic acids is 1. The Morgan fingerprint density at radius 1 is 1.29 bits per heavy atom. The summed E-state index contributed by atoms with van der Waals surface area (Å²) in [5.41, 5.74) is 2.14. The van der Waals surface area contributed by atoms with Gasteiger partial charge in [-0.2, -0.15) is 0 Å². The lowest BCUT2D eigenvalue weighted by Crippen LogP contribution is -2.33. The second-order valence-electron chi connectivity index (χ2n) is 3.80. The van der Waals surface area contributed by atoms with Crippen LogP contribution in [0.3, 0.4) is 0 Å². The Balaban J connectivity index is 2.59. The molecule has 0 fully saturated rings. The number of hydrogen-bond acceptors (Lipinski definition) is 3. The van der Waals surface area contributed by atoms with E-state index in [0.717, 1.165) is 11.1 Å². The number of methoxy groups -OCH3 is 2. The summed E-state index contributed by atoms with van der Waals surface area (Å²) in [6, 6.07) is 7.87. The van der Waals surface area contributed by atoms with E-state index in [1.165, 1.54) is 7.11 Å². The normalized spacial score (nSPS) is 12.2. The van der Waals surface area contributed by atoms with Crippen molar-refractivity contribution in [2.75, 3.05) is 14.2 Å². The highest BCUT2D eigenvalue weighted by Crippen LogP contribution is 2.09. The third-order valence-electron chi connectivity index (χ3n) is 2.59. The molecule has 1 amide bonds. The summed E-state index contributed by atoms with van der Waals surface area (Å²) in [5, 5.41) is 2.83. The van der Waals surface area contributed by atoms with Gasteiger partial charge < -0.3 is 14.8 Å². The molecule has 0 aliphatic heterocycles. The summed E-state index contributed by atoms with van der Waals surface area (Å²) in [7, 11) is 3.17. The first kappa shape index (κ1) is 13.7. The van der Waals surface area contributed by atoms with E-state index < -0.39 is 6.10 Å². The summed E-state index contributed by atoms with van der Waals surface area (Å²) in [4.78, 5) is 11.5. The number of benzene rings is 1. The molecule has 0 aliphatic rings. The highest BCUT2D eigenvalue weighted by atomic mass is 16.5. The van der Waals surface area contributed by atoms with Gasteiger partial charge in [-0.1, -0.05) is 24.3 Å². The molecule has 0 saturated carbocycles. The zero-order valence-electron chi connectivity index (χ0n) is 10.5. The molecule has 0 spiro atoms. The first-order chi connectivity index (χ1) is 8.19. The minimum absolute atomic E-state index is 0.111. The Labute approximate surface area is 102 Å². The van der Waals surface area contributed by atoms with Crippen LogP contribution in [0.25, 0.3) is 0 Å². The van der Waals surface area contributed by atoms with Crippen LogP contribution in [0.5, 0.6) is 0 Å². The molecule has 0 saturated heterocycles. The third-order valence-corrected chi connectivity index (χ3v) is 2.59. The number of rotatable bonds is 6. The second-order valence-corrected chi connectivity index (χ2v) is 3.80. The molecular weight excluding hydrogens is 218 g/mol. The van der Waals surface area contributed by atoms with Crippen molar-refractivity contribution < 1.29 is 14.3 Å². The second kappa shape index (κ2) is 7.04. The molecule has 4 nitrogen and oxygen atoms in total. The first-order valence-corrected chi connectivity index (χ1v) is 5.55. The SMILES string of the molecule is COCc1ccccc1CNC(=O)[C@@H](C)OC. The van der Waals surface area contributed by atoms with Crippen LogP contribution in [0.1, 0.15) is 18.1 Å². The minimum atomic E-state index is -0.426. The highest BCUT2D eigenvalue weighted by molar-refractivity contribution is 5.80. The van der Waals surface area contributed by atoms with Gasteiger partial charge >= 0.3 is 0 Å². The maximum absolute atomic E-state index is 11.5. The fraction of sp³-hybridized carbons (Fsp3) is 0.462. The van der Waals surface area contributed by atoms with Gasteiger partial charge in [0.05, 0.1) is 6.61 Å². The Bertz CT molecular complexity index is 365. The van der Waals surface area contributed by atoms with Gasteiger partial charge in [-0.15, -0.1) is 0 Å². The van der Waals surface area contributed by atoms with Crippen LogP contribution in [0.2, 0.25) is 0 Å². The lowest BCUT2D eigenvalue weighted by atomic mass is 10.1. The van der Waals surface area contributed by atoms with Gasteiger partial charge in [0.15, 0.2) is 0 Å². The van der Waals surface area contributed by atoms with Gasteiger partial charge in [0.2, 0.25) is 5.91 Å². The van der Waals surface area contributed by atoms with E-state index >= 15 is 0 Å². The van der Waals surface area contributed by atoms with Gasteiger partial charge in [0.25, 0.3) is 0 Å². The molecule has 0 bridgehead atoms. The molecule has 0 radical (unpaired) electrons. The number of hydrogen-bond donors (Lipinski definition) is 1. The minimum Gasteiger partial charge on any atom is -0.380 e. The number of nitrogens with one attached hydrogen (secondary N) is 1. The quantitative estimate of drug-likeness (QED) is 0.815. The van der Waals surface area contributed by atoms with E-state index in [-0.39, 0.29) is 5.91 Å². The van der Waals surface area contributed by atoms with Gasteiger partial charge in [-0.05, 0) is 18.1 Å². The predicted molar refractivity (Wildman–Crippen MR) is 65.5 cm³/mol. The van der Waals surface area contributed by atoms with E-state index in [1.807, 2.05) is 24.3 Å². The van der Waals surface area contributed by atoms with Crippen molar-refractivity contribution in [2.24, 2.45) is 0 Å². The van der Waals surface area contributed by atoms with Gasteiger partial charge in [-0.3, -0.25) is 4.79 Å². The van der Waals surface area contributed by atoms with E-state index in [4.69, 9.17) is 9.47 Å². The Morgan fingerprint density at radius 2 is 1.94 bits per heavy atom. The molecule has 0 unspecified atom stereocenters. The Hall–Kier alpha value is -1.39. The molecule has 0 aliphatic carbocycles. The highest BCUT2D eigenvalue weighted by Gasteiger charge is 2.11. The molecule has 4 heteroatoms. The molecule has 17 heavy (non-hydrogen) atoms. The van der Waals surface area contributed by atoms with Gasteiger partial charge in [0.1, 0.15) is 6.10 Å². The van der Waals surface area contributed by atoms with Crippen LogP contribution >= 0.6 is 0 Å². The molecule has 1 aromatic rings. The van der Waals surface area contributed by atoms with Crippen molar-refractivity contribution in [1.29, 1.82) is 0 Å². The lowest BCUT2D eigenvalue weighted by Gasteiger charge is -2.12. The average molecular weight is 237 g/mol. The molecule has 1 atom stereocenters. The van der Waals surface area contributed by atoms with Crippen molar-refractivity contribution in [3.8, 4) is 0 Å². The fourth-order valence-electron chi connectivity index (χ4n) is 1.46. The summed E-state index contributed by atoms with van der Waals surface area (Å²) in [6.07, 6.45) is -0.426. The van der Waals surface area contributed by atoms with Crippen molar-refractivity contribution in [3.05, 3.63) is 35.4 Å². The molecule has 1 rings (SSSR count). The predicted octanol–water partition coefficient (Wildman–Crippen LogP) is 1.48. The number of amides is 1. The largest absolute Gasteiger partial charge is 0.380 e. The van der Waals surface area contributed by atoms with Crippen LogP contribution in [-0.2, 0) is 27.4 Å². The molecule has 0 aromatic heterocycles. The van der Waals surface area contributed by atoms with Crippen molar-refractivity contribution in [1.82, 2.24) is 5.32 Å². The van der Waals surface area contributed by atoms with Crippen LogP contribution < -0.4 is 5.32 Å². The van der Waals surface area contributed by atoms with Gasteiger partial charge in [0, 0.05) is 20.8 Å². The zero-order chi connectivity index (χ0) is 12.7. The fourth-order valence-corrected chi connectivity index (χ4v) is 1.46. The summed E-state index contributed by atoms with van der Waals surface area (Å²) in [6.45, 7) is 2.76. The van der Waals surface area contributed by atoms with Crippen LogP contribution in [0, 0.1) is 0 Å². The average Bonchev–Trinajstić information content (AvgIpc) is 2.36. The van der Waals surface area contributed by atoms with E-state index in [2.05, 4.69) is 5.32 Å². The van der Waals surface area contributed by atoms with E-state index in [0.29, 0.717) is 13.2 Å². The van der Waals surface area contributed by atoms with E-state index in [1.54, 1.807) is 14.0 Å². The standard InChI is InChI=1S/C13H19NO3/c1-10(17-3)13(15)14-8-11-6-4-5-7-12(11)9-16-2/h4-7,10H,8-9H2,1-3H3,(H,14,15)/t10-/m1/s1.